The van der Waals surface area contributed by atoms with Crippen molar-refractivity contribution >= 4 is 11.7 Å². The van der Waals surface area contributed by atoms with Crippen LogP contribution in [0.3, 0.4) is 0 Å². The highest BCUT2D eigenvalue weighted by atomic mass is 16.6. The minimum atomic E-state index is -1.43. The third-order valence-electron chi connectivity index (χ3n) is 2.32. The van der Waals surface area contributed by atoms with Crippen LogP contribution in [0.15, 0.2) is 12.1 Å². The van der Waals surface area contributed by atoms with Crippen LogP contribution in [0.5, 0.6) is 11.5 Å². The van der Waals surface area contributed by atoms with Gasteiger partial charge in [0.25, 0.3) is 5.69 Å². The van der Waals surface area contributed by atoms with E-state index >= 15 is 0 Å². The number of benzene rings is 1. The largest absolute Gasteiger partial charge is 0.504 e. The van der Waals surface area contributed by atoms with Crippen molar-refractivity contribution < 1.29 is 24.7 Å². The van der Waals surface area contributed by atoms with E-state index in [1.54, 1.807) is 0 Å². The second kappa shape index (κ2) is 3.93. The number of ether oxygens (including phenoxy) is 1. The Balaban J connectivity index is 2.45. The van der Waals surface area contributed by atoms with Crippen molar-refractivity contribution in [2.75, 3.05) is 0 Å². The molecule has 0 unspecified atom stereocenters. The summed E-state index contributed by atoms with van der Waals surface area (Å²) < 4.78 is 5.25. The van der Waals surface area contributed by atoms with Gasteiger partial charge in [-0.3, -0.25) is 10.1 Å². The van der Waals surface area contributed by atoms with Gasteiger partial charge in [-0.25, -0.2) is 4.79 Å². The van der Waals surface area contributed by atoms with Gasteiger partial charge in [0.15, 0.2) is 11.5 Å². The number of hydrogen-bond acceptors (Lipinski definition) is 5. The quantitative estimate of drug-likeness (QED) is 0.609. The third kappa shape index (κ3) is 2.27. The van der Waals surface area contributed by atoms with Crippen LogP contribution in [0.2, 0.25) is 0 Å². The molecule has 0 saturated heterocycles. The van der Waals surface area contributed by atoms with Crippen LogP contribution in [-0.2, 0) is 0 Å². The molecule has 2 N–H and O–H groups in total. The van der Waals surface area contributed by atoms with Gasteiger partial charge in [0.1, 0.15) is 5.56 Å². The molecule has 1 aliphatic rings. The van der Waals surface area contributed by atoms with Crippen molar-refractivity contribution in [3.63, 3.8) is 0 Å². The standard InChI is InChI=1S/C10H9NO6/c12-8-4-7(11(15)16)6(10(13)14)3-9(8)17-5-1-2-5/h3-5,12H,1-2H2,(H,13,14). The number of phenolic OH excluding ortho intramolecular Hbond substituents is 1. The van der Waals surface area contributed by atoms with Crippen molar-refractivity contribution in [3.8, 4) is 11.5 Å². The van der Waals surface area contributed by atoms with Crippen LogP contribution >= 0.6 is 0 Å². The number of carbonyl (C=O) groups is 1. The van der Waals surface area contributed by atoms with E-state index in [9.17, 15) is 20.0 Å². The van der Waals surface area contributed by atoms with E-state index in [1.165, 1.54) is 0 Å². The second-order valence-electron chi connectivity index (χ2n) is 3.72. The molecular weight excluding hydrogens is 230 g/mol. The summed E-state index contributed by atoms with van der Waals surface area (Å²) in [6.07, 6.45) is 1.63. The van der Waals surface area contributed by atoms with Crippen molar-refractivity contribution in [1.29, 1.82) is 0 Å². The summed E-state index contributed by atoms with van der Waals surface area (Å²) in [5, 5.41) is 29.0. The maximum atomic E-state index is 10.8. The summed E-state index contributed by atoms with van der Waals surface area (Å²) in [6.45, 7) is 0. The average molecular weight is 239 g/mol. The first-order valence-corrected chi connectivity index (χ1v) is 4.90. The Morgan fingerprint density at radius 3 is 2.59 bits per heavy atom. The molecule has 1 fully saturated rings. The zero-order valence-corrected chi connectivity index (χ0v) is 8.62. The maximum Gasteiger partial charge on any atom is 0.342 e. The summed E-state index contributed by atoms with van der Waals surface area (Å²) in [6, 6.07) is 1.77. The lowest BCUT2D eigenvalue weighted by Crippen LogP contribution is -2.04. The molecule has 90 valence electrons. The van der Waals surface area contributed by atoms with Gasteiger partial charge in [-0.05, 0) is 12.8 Å². The molecule has 0 spiro atoms. The van der Waals surface area contributed by atoms with Crippen LogP contribution in [0.1, 0.15) is 23.2 Å². The van der Waals surface area contributed by atoms with Crippen molar-refractivity contribution in [2.24, 2.45) is 0 Å². The zero-order chi connectivity index (χ0) is 12.6. The molecule has 0 amide bonds. The first kappa shape index (κ1) is 11.2. The number of nitrogens with zero attached hydrogens (tertiary/aromatic N) is 1. The summed E-state index contributed by atoms with van der Waals surface area (Å²) in [5.74, 6) is -1.89. The summed E-state index contributed by atoms with van der Waals surface area (Å²) >= 11 is 0. The topological polar surface area (TPSA) is 110 Å². The number of aromatic carboxylic acids is 1. The molecule has 2 rings (SSSR count). The molecule has 0 aliphatic heterocycles. The Kier molecular flexibility index (Phi) is 2.58. The Bertz CT molecular complexity index is 494. The molecule has 0 heterocycles. The molecule has 0 atom stereocenters. The van der Waals surface area contributed by atoms with E-state index in [0.29, 0.717) is 0 Å². The van der Waals surface area contributed by atoms with E-state index in [-0.39, 0.29) is 11.9 Å². The highest BCUT2D eigenvalue weighted by Crippen LogP contribution is 2.37. The highest BCUT2D eigenvalue weighted by molar-refractivity contribution is 5.93. The Hall–Kier alpha value is -2.31. The third-order valence-corrected chi connectivity index (χ3v) is 2.32. The van der Waals surface area contributed by atoms with Crippen LogP contribution < -0.4 is 4.74 Å². The molecule has 0 radical (unpaired) electrons. The predicted molar refractivity (Wildman–Crippen MR) is 55.4 cm³/mol. The van der Waals surface area contributed by atoms with Crippen LogP contribution in [0, 0.1) is 10.1 Å². The van der Waals surface area contributed by atoms with Gasteiger partial charge in [-0.2, -0.15) is 0 Å². The van der Waals surface area contributed by atoms with E-state index in [0.717, 1.165) is 25.0 Å². The van der Waals surface area contributed by atoms with Gasteiger partial charge in [0, 0.05) is 6.07 Å². The molecule has 17 heavy (non-hydrogen) atoms. The average Bonchev–Trinajstić information content (AvgIpc) is 3.03. The Morgan fingerprint density at radius 2 is 2.12 bits per heavy atom. The molecule has 1 aromatic rings. The number of rotatable bonds is 4. The fraction of sp³-hybridized carbons (Fsp3) is 0.300. The van der Waals surface area contributed by atoms with E-state index in [4.69, 9.17) is 9.84 Å². The molecule has 1 aliphatic carbocycles. The van der Waals surface area contributed by atoms with Gasteiger partial charge in [0.2, 0.25) is 0 Å². The van der Waals surface area contributed by atoms with Gasteiger partial charge < -0.3 is 14.9 Å². The summed E-state index contributed by atoms with van der Waals surface area (Å²) in [7, 11) is 0. The predicted octanol–water partition coefficient (Wildman–Crippen LogP) is 1.54. The van der Waals surface area contributed by atoms with Crippen molar-refractivity contribution in [3.05, 3.63) is 27.8 Å². The number of phenols is 1. The number of nitro groups is 1. The Labute approximate surface area is 95.4 Å². The number of nitro benzene ring substituents is 1. The number of carboxylic acid groups (broad SMARTS) is 1. The van der Waals surface area contributed by atoms with Crippen LogP contribution in [-0.4, -0.2) is 27.2 Å². The summed E-state index contributed by atoms with van der Waals surface area (Å²) in [5.41, 5.74) is -1.15. The zero-order valence-electron chi connectivity index (χ0n) is 8.62. The molecule has 7 heteroatoms. The van der Waals surface area contributed by atoms with Crippen LogP contribution in [0.4, 0.5) is 5.69 Å². The number of carboxylic acids is 1. The van der Waals surface area contributed by atoms with E-state index < -0.39 is 27.9 Å². The fourth-order valence-corrected chi connectivity index (χ4v) is 1.34. The summed E-state index contributed by atoms with van der Waals surface area (Å²) in [4.78, 5) is 20.6. The minimum Gasteiger partial charge on any atom is -0.504 e. The van der Waals surface area contributed by atoms with Crippen molar-refractivity contribution in [2.45, 2.75) is 18.9 Å². The molecule has 0 bridgehead atoms. The monoisotopic (exact) mass is 239 g/mol. The second-order valence-corrected chi connectivity index (χ2v) is 3.72. The first-order chi connectivity index (χ1) is 7.99. The van der Waals surface area contributed by atoms with Crippen LogP contribution in [0.25, 0.3) is 0 Å². The number of hydrogen-bond donors (Lipinski definition) is 2. The van der Waals surface area contributed by atoms with Gasteiger partial charge in [0.05, 0.1) is 17.1 Å². The molecular formula is C10H9NO6. The SMILES string of the molecule is O=C(O)c1cc(OC2CC2)c(O)cc1[N+](=O)[O-]. The molecule has 7 nitrogen and oxygen atoms in total. The highest BCUT2D eigenvalue weighted by Gasteiger charge is 2.28. The smallest absolute Gasteiger partial charge is 0.342 e. The van der Waals surface area contributed by atoms with E-state index in [2.05, 4.69) is 0 Å². The van der Waals surface area contributed by atoms with Crippen molar-refractivity contribution in [1.82, 2.24) is 0 Å². The molecule has 1 saturated carbocycles. The lowest BCUT2D eigenvalue weighted by Gasteiger charge is -2.07. The molecule has 1 aromatic carbocycles. The normalized spacial score (nSPS) is 14.4. The Morgan fingerprint density at radius 1 is 1.47 bits per heavy atom. The molecule has 0 aromatic heterocycles. The maximum absolute atomic E-state index is 10.8. The first-order valence-electron chi connectivity index (χ1n) is 4.90. The minimum absolute atomic E-state index is 0.0319. The van der Waals surface area contributed by atoms with Gasteiger partial charge >= 0.3 is 5.97 Å². The fourth-order valence-electron chi connectivity index (χ4n) is 1.34. The number of aromatic hydroxyl groups is 1. The van der Waals surface area contributed by atoms with E-state index in [1.807, 2.05) is 0 Å². The van der Waals surface area contributed by atoms with Gasteiger partial charge in [-0.1, -0.05) is 0 Å². The lowest BCUT2D eigenvalue weighted by atomic mass is 10.1. The van der Waals surface area contributed by atoms with Gasteiger partial charge in [-0.15, -0.1) is 0 Å². The lowest BCUT2D eigenvalue weighted by molar-refractivity contribution is -0.385.